The molecule has 0 aromatic rings. The molecule has 0 aliphatic carbocycles. The summed E-state index contributed by atoms with van der Waals surface area (Å²) in [5.74, 6) is -3.01. The molecule has 0 saturated carbocycles. The van der Waals surface area contributed by atoms with Crippen molar-refractivity contribution in [2.45, 2.75) is 45.4 Å². The Bertz CT molecular complexity index is 468. The molecular weight excluding hydrogens is 383 g/mol. The van der Waals surface area contributed by atoms with Crippen LogP contribution in [0.5, 0.6) is 0 Å². The quantitative estimate of drug-likeness (QED) is 0.184. The molecule has 0 aromatic carbocycles. The minimum absolute atomic E-state index is 0. The van der Waals surface area contributed by atoms with E-state index in [0.717, 1.165) is 12.8 Å². The molecular formula is C17H29KN2O7. The summed E-state index contributed by atoms with van der Waals surface area (Å²) in [6, 6.07) is 0. The summed E-state index contributed by atoms with van der Waals surface area (Å²) < 4.78 is 0. The van der Waals surface area contributed by atoms with Crippen LogP contribution in [0.1, 0.15) is 45.4 Å². The van der Waals surface area contributed by atoms with Gasteiger partial charge in [-0.1, -0.05) is 19.8 Å². The summed E-state index contributed by atoms with van der Waals surface area (Å²) in [6.07, 6.45) is 3.08. The van der Waals surface area contributed by atoms with E-state index in [1.165, 1.54) is 6.20 Å². The van der Waals surface area contributed by atoms with Gasteiger partial charge in [0.15, 0.2) is 0 Å². The van der Waals surface area contributed by atoms with Crippen LogP contribution in [0.4, 0.5) is 0 Å². The van der Waals surface area contributed by atoms with Crippen molar-refractivity contribution in [3.05, 3.63) is 12.0 Å². The molecule has 0 fully saturated rings. The largest absolute Gasteiger partial charge is 1.00 e. The van der Waals surface area contributed by atoms with Crippen molar-refractivity contribution in [1.29, 1.82) is 0 Å². The summed E-state index contributed by atoms with van der Waals surface area (Å²) in [7, 11) is 0. The van der Waals surface area contributed by atoms with Crippen LogP contribution in [-0.4, -0.2) is 75.8 Å². The van der Waals surface area contributed by atoms with Crippen LogP contribution < -0.4 is 56.5 Å². The number of hydrogen-bond acceptors (Lipinski definition) is 6. The number of nitrogens with zero attached hydrogens (tertiary/aromatic N) is 2. The standard InChI is InChI=1S/C17H30N2O7.K/c1-2-3-4-14(20)13-19(10-7-17(25)26)12-11-18(8-5-15(21)22)9-6-16(23)24;/h13,20H,2-12H2,1H3,(H,21,22)(H,23,24)(H,25,26);/q;+1/p-1/b14-13-;. The van der Waals surface area contributed by atoms with Crippen molar-refractivity contribution in [3.8, 4) is 0 Å². The van der Waals surface area contributed by atoms with Crippen molar-refractivity contribution in [2.75, 3.05) is 32.7 Å². The summed E-state index contributed by atoms with van der Waals surface area (Å²) in [4.78, 5) is 35.6. The van der Waals surface area contributed by atoms with Gasteiger partial charge in [-0.05, 0) is 12.6 Å². The predicted octanol–water partition coefficient (Wildman–Crippen LogP) is -2.59. The van der Waals surface area contributed by atoms with Gasteiger partial charge in [0.2, 0.25) is 0 Å². The van der Waals surface area contributed by atoms with E-state index in [-0.39, 0.29) is 96.0 Å². The van der Waals surface area contributed by atoms with Gasteiger partial charge < -0.3 is 30.2 Å². The minimum atomic E-state index is -0.977. The fourth-order valence-electron chi connectivity index (χ4n) is 2.21. The third-order valence-corrected chi connectivity index (χ3v) is 3.70. The predicted molar refractivity (Wildman–Crippen MR) is 92.4 cm³/mol. The van der Waals surface area contributed by atoms with Crippen LogP contribution in [0, 0.1) is 0 Å². The van der Waals surface area contributed by atoms with Gasteiger partial charge in [-0.25, -0.2) is 0 Å². The molecule has 0 heterocycles. The number of carboxylic acids is 3. The first-order chi connectivity index (χ1) is 12.2. The van der Waals surface area contributed by atoms with E-state index in [2.05, 4.69) is 0 Å². The average molecular weight is 413 g/mol. The number of carboxylic acid groups (broad SMARTS) is 3. The maximum Gasteiger partial charge on any atom is 1.00 e. The van der Waals surface area contributed by atoms with E-state index in [1.54, 1.807) is 9.80 Å². The van der Waals surface area contributed by atoms with E-state index in [0.29, 0.717) is 19.5 Å². The van der Waals surface area contributed by atoms with Crippen LogP contribution in [0.3, 0.4) is 0 Å². The van der Waals surface area contributed by atoms with Crippen molar-refractivity contribution in [1.82, 2.24) is 9.80 Å². The molecule has 150 valence electrons. The zero-order valence-corrected chi connectivity index (χ0v) is 19.3. The third kappa shape index (κ3) is 18.5. The summed E-state index contributed by atoms with van der Waals surface area (Å²) in [6.45, 7) is 3.19. The smallest absolute Gasteiger partial charge is 0.874 e. The first kappa shape index (κ1) is 28.6. The van der Waals surface area contributed by atoms with Gasteiger partial charge in [0.05, 0.1) is 19.3 Å². The van der Waals surface area contributed by atoms with Gasteiger partial charge in [-0.3, -0.25) is 14.4 Å². The number of aliphatic carboxylic acids is 3. The third-order valence-electron chi connectivity index (χ3n) is 3.70. The Morgan fingerprint density at radius 1 is 0.815 bits per heavy atom. The molecule has 0 saturated heterocycles. The Hall–Kier alpha value is -0.654. The molecule has 0 aliphatic rings. The van der Waals surface area contributed by atoms with Gasteiger partial charge in [-0.15, -0.1) is 5.76 Å². The maximum atomic E-state index is 11.9. The van der Waals surface area contributed by atoms with Gasteiger partial charge in [0.25, 0.3) is 0 Å². The van der Waals surface area contributed by atoms with Crippen molar-refractivity contribution < 1.29 is 86.2 Å². The van der Waals surface area contributed by atoms with Crippen LogP contribution in [0.2, 0.25) is 0 Å². The van der Waals surface area contributed by atoms with E-state index in [1.807, 2.05) is 6.92 Å². The fraction of sp³-hybridized carbons (Fsp3) is 0.706. The molecule has 27 heavy (non-hydrogen) atoms. The second-order valence-electron chi connectivity index (χ2n) is 6.01. The van der Waals surface area contributed by atoms with E-state index in [4.69, 9.17) is 15.3 Å². The Kier molecular flexibility index (Phi) is 18.4. The van der Waals surface area contributed by atoms with Gasteiger partial charge >= 0.3 is 69.3 Å². The zero-order chi connectivity index (χ0) is 19.9. The normalized spacial score (nSPS) is 11.1. The first-order valence-electron chi connectivity index (χ1n) is 8.74. The van der Waals surface area contributed by atoms with E-state index in [9.17, 15) is 19.5 Å². The molecule has 0 unspecified atom stereocenters. The number of allylic oxidation sites excluding steroid dienone is 1. The summed E-state index contributed by atoms with van der Waals surface area (Å²) in [5, 5.41) is 38.3. The topological polar surface area (TPSA) is 141 Å². The summed E-state index contributed by atoms with van der Waals surface area (Å²) >= 11 is 0. The molecule has 0 radical (unpaired) electrons. The van der Waals surface area contributed by atoms with Crippen molar-refractivity contribution >= 4 is 17.9 Å². The first-order valence-corrected chi connectivity index (χ1v) is 8.74. The van der Waals surface area contributed by atoms with Crippen molar-refractivity contribution in [3.63, 3.8) is 0 Å². The Morgan fingerprint density at radius 3 is 1.74 bits per heavy atom. The zero-order valence-electron chi connectivity index (χ0n) is 16.2. The van der Waals surface area contributed by atoms with Crippen LogP contribution >= 0.6 is 0 Å². The molecule has 0 aliphatic heterocycles. The fourth-order valence-corrected chi connectivity index (χ4v) is 2.21. The molecule has 0 atom stereocenters. The van der Waals surface area contributed by atoms with Crippen LogP contribution in [-0.2, 0) is 14.4 Å². The number of carbonyl (C=O) groups is 3. The molecule has 3 N–H and O–H groups in total. The Labute approximate surface area is 202 Å². The van der Waals surface area contributed by atoms with Crippen molar-refractivity contribution in [2.24, 2.45) is 0 Å². The summed E-state index contributed by atoms with van der Waals surface area (Å²) in [5.41, 5.74) is 0. The molecule has 10 heteroatoms. The van der Waals surface area contributed by atoms with Crippen LogP contribution in [0.25, 0.3) is 0 Å². The second-order valence-corrected chi connectivity index (χ2v) is 6.01. The van der Waals surface area contributed by atoms with Crippen LogP contribution in [0.15, 0.2) is 12.0 Å². The van der Waals surface area contributed by atoms with Gasteiger partial charge in [-0.2, -0.15) is 0 Å². The maximum absolute atomic E-state index is 11.9. The van der Waals surface area contributed by atoms with Gasteiger partial charge in [0, 0.05) is 32.7 Å². The molecule has 0 spiro atoms. The Morgan fingerprint density at radius 2 is 1.30 bits per heavy atom. The number of unbranched alkanes of at least 4 members (excludes halogenated alkanes) is 1. The minimum Gasteiger partial charge on any atom is -0.874 e. The molecule has 0 amide bonds. The second kappa shape index (κ2) is 17.4. The van der Waals surface area contributed by atoms with Gasteiger partial charge in [0.1, 0.15) is 0 Å². The average Bonchev–Trinajstić information content (AvgIpc) is 2.56. The van der Waals surface area contributed by atoms with E-state index >= 15 is 0 Å². The van der Waals surface area contributed by atoms with E-state index < -0.39 is 17.9 Å². The number of hydrogen-bond donors (Lipinski definition) is 3. The number of rotatable bonds is 16. The Balaban J connectivity index is 0. The monoisotopic (exact) mass is 412 g/mol. The molecule has 0 rings (SSSR count). The molecule has 0 aromatic heterocycles. The molecule has 0 bridgehead atoms. The SMILES string of the molecule is CCCC/C([O-])=C/N(CCC(=O)O)CCN(CCC(=O)O)CCC(=O)O.[K+]. The molecule has 9 nitrogen and oxygen atoms in total.